The van der Waals surface area contributed by atoms with Gasteiger partial charge in [-0.3, -0.25) is 9.78 Å². The first kappa shape index (κ1) is 11.8. The van der Waals surface area contributed by atoms with E-state index in [1.54, 1.807) is 12.3 Å². The Kier molecular flexibility index (Phi) is 3.89. The Bertz CT molecular complexity index is 511. The zero-order chi connectivity index (χ0) is 12.1. The van der Waals surface area contributed by atoms with Crippen LogP contribution in [0.25, 0.3) is 0 Å². The van der Waals surface area contributed by atoms with Crippen molar-refractivity contribution >= 4 is 17.4 Å². The quantitative estimate of drug-likeness (QED) is 0.829. The Morgan fingerprint density at radius 3 is 2.71 bits per heavy atom. The molecule has 0 aliphatic carbocycles. The highest BCUT2D eigenvalue weighted by Gasteiger charge is 2.06. The van der Waals surface area contributed by atoms with Crippen molar-refractivity contribution in [2.45, 2.75) is 12.8 Å². The van der Waals surface area contributed by atoms with E-state index < -0.39 is 0 Å². The summed E-state index contributed by atoms with van der Waals surface area (Å²) in [6.07, 6.45) is 2.46. The smallest absolute Gasteiger partial charge is 0.143 e. The van der Waals surface area contributed by atoms with Crippen LogP contribution in [0.4, 0.5) is 0 Å². The average Bonchev–Trinajstić information content (AvgIpc) is 2.30. The third-order valence-corrected chi connectivity index (χ3v) is 2.63. The number of halogens is 1. The van der Waals surface area contributed by atoms with Crippen LogP contribution < -0.4 is 0 Å². The van der Waals surface area contributed by atoms with Crippen molar-refractivity contribution in [2.24, 2.45) is 0 Å². The maximum absolute atomic E-state index is 11.8. The molecule has 1 aromatic carbocycles. The van der Waals surface area contributed by atoms with Crippen molar-refractivity contribution in [3.63, 3.8) is 0 Å². The Labute approximate surface area is 105 Å². The fraction of sp³-hybridized carbons (Fsp3) is 0.143. The highest BCUT2D eigenvalue weighted by atomic mass is 35.5. The molecule has 0 atom stereocenters. The summed E-state index contributed by atoms with van der Waals surface area (Å²) >= 11 is 5.86. The lowest BCUT2D eigenvalue weighted by molar-refractivity contribution is -0.117. The maximum atomic E-state index is 11.8. The van der Waals surface area contributed by atoms with Gasteiger partial charge in [0.15, 0.2) is 0 Å². The number of hydrogen-bond acceptors (Lipinski definition) is 2. The summed E-state index contributed by atoms with van der Waals surface area (Å²) in [5.74, 6) is 0.144. The fourth-order valence-corrected chi connectivity index (χ4v) is 1.85. The van der Waals surface area contributed by atoms with Crippen LogP contribution in [0.3, 0.4) is 0 Å². The molecule has 3 heteroatoms. The van der Waals surface area contributed by atoms with Gasteiger partial charge in [-0.2, -0.15) is 0 Å². The second kappa shape index (κ2) is 5.60. The molecule has 2 aromatic rings. The minimum Gasteiger partial charge on any atom is -0.299 e. The molecule has 1 heterocycles. The lowest BCUT2D eigenvalue weighted by Crippen LogP contribution is -2.07. The van der Waals surface area contributed by atoms with E-state index in [4.69, 9.17) is 11.6 Å². The molecule has 2 rings (SSSR count). The SMILES string of the molecule is O=C(Cc1cccc(Cl)c1)Cc1ccccn1. The summed E-state index contributed by atoms with van der Waals surface area (Å²) in [6, 6.07) is 13.0. The molecular formula is C14H12ClNO. The highest BCUT2D eigenvalue weighted by molar-refractivity contribution is 6.30. The molecule has 2 nitrogen and oxygen atoms in total. The molecule has 0 fully saturated rings. The van der Waals surface area contributed by atoms with E-state index in [0.29, 0.717) is 17.9 Å². The third-order valence-electron chi connectivity index (χ3n) is 2.39. The second-order valence-corrected chi connectivity index (χ2v) is 4.28. The van der Waals surface area contributed by atoms with Gasteiger partial charge in [0.1, 0.15) is 5.78 Å². The molecule has 0 saturated heterocycles. The minimum atomic E-state index is 0.144. The van der Waals surface area contributed by atoms with E-state index in [1.807, 2.05) is 36.4 Å². The Morgan fingerprint density at radius 2 is 2.00 bits per heavy atom. The summed E-state index contributed by atoms with van der Waals surface area (Å²) < 4.78 is 0. The second-order valence-electron chi connectivity index (χ2n) is 3.84. The highest BCUT2D eigenvalue weighted by Crippen LogP contribution is 2.12. The molecule has 0 radical (unpaired) electrons. The molecule has 0 aliphatic rings. The van der Waals surface area contributed by atoms with Gasteiger partial charge in [0.25, 0.3) is 0 Å². The van der Waals surface area contributed by atoms with E-state index in [1.165, 1.54) is 0 Å². The Hall–Kier alpha value is -1.67. The van der Waals surface area contributed by atoms with E-state index in [-0.39, 0.29) is 5.78 Å². The summed E-state index contributed by atoms with van der Waals surface area (Å²) in [7, 11) is 0. The molecule has 0 amide bonds. The first-order valence-electron chi connectivity index (χ1n) is 5.40. The topological polar surface area (TPSA) is 30.0 Å². The predicted octanol–water partition coefficient (Wildman–Crippen LogP) is 3.09. The molecular weight excluding hydrogens is 234 g/mol. The lowest BCUT2D eigenvalue weighted by Gasteiger charge is -2.01. The van der Waals surface area contributed by atoms with Crippen LogP contribution in [-0.2, 0) is 17.6 Å². The summed E-state index contributed by atoms with van der Waals surface area (Å²) in [5.41, 5.74) is 1.75. The lowest BCUT2D eigenvalue weighted by atomic mass is 10.1. The third kappa shape index (κ3) is 3.68. The van der Waals surface area contributed by atoms with E-state index >= 15 is 0 Å². The zero-order valence-corrected chi connectivity index (χ0v) is 10.0. The number of hydrogen-bond donors (Lipinski definition) is 0. The first-order chi connectivity index (χ1) is 8.24. The van der Waals surface area contributed by atoms with Crippen LogP contribution in [0, 0.1) is 0 Å². The molecule has 86 valence electrons. The standard InChI is InChI=1S/C14H12ClNO/c15-12-5-3-4-11(8-12)9-14(17)10-13-6-1-2-7-16-13/h1-8H,9-10H2. The van der Waals surface area contributed by atoms with Crippen LogP contribution in [0.1, 0.15) is 11.3 Å². The monoisotopic (exact) mass is 245 g/mol. The largest absolute Gasteiger partial charge is 0.299 e. The van der Waals surface area contributed by atoms with Crippen molar-refractivity contribution in [2.75, 3.05) is 0 Å². The van der Waals surface area contributed by atoms with Gasteiger partial charge in [-0.1, -0.05) is 29.8 Å². The van der Waals surface area contributed by atoms with Crippen LogP contribution in [0.5, 0.6) is 0 Å². The van der Waals surface area contributed by atoms with Gasteiger partial charge < -0.3 is 0 Å². The van der Waals surface area contributed by atoms with Crippen LogP contribution in [0.2, 0.25) is 5.02 Å². The number of rotatable bonds is 4. The molecule has 0 bridgehead atoms. The zero-order valence-electron chi connectivity index (χ0n) is 9.27. The van der Waals surface area contributed by atoms with Crippen molar-refractivity contribution in [3.8, 4) is 0 Å². The number of pyridine rings is 1. The number of aromatic nitrogens is 1. The minimum absolute atomic E-state index is 0.144. The summed E-state index contributed by atoms with van der Waals surface area (Å²) in [4.78, 5) is 15.9. The number of ketones is 1. The molecule has 0 spiro atoms. The van der Waals surface area contributed by atoms with Crippen LogP contribution in [-0.4, -0.2) is 10.8 Å². The molecule has 0 N–H and O–H groups in total. The number of benzene rings is 1. The van der Waals surface area contributed by atoms with Gasteiger partial charge in [0.2, 0.25) is 0 Å². The van der Waals surface area contributed by atoms with Crippen molar-refractivity contribution in [1.82, 2.24) is 4.98 Å². The van der Waals surface area contributed by atoms with Crippen molar-refractivity contribution in [3.05, 3.63) is 64.9 Å². The molecule has 0 aliphatic heterocycles. The van der Waals surface area contributed by atoms with Gasteiger partial charge in [-0.15, -0.1) is 0 Å². The van der Waals surface area contributed by atoms with Gasteiger partial charge in [0, 0.05) is 29.8 Å². The summed E-state index contributed by atoms with van der Waals surface area (Å²) in [6.45, 7) is 0. The van der Waals surface area contributed by atoms with E-state index in [0.717, 1.165) is 11.3 Å². The van der Waals surface area contributed by atoms with Crippen molar-refractivity contribution < 1.29 is 4.79 Å². The molecule has 0 unspecified atom stereocenters. The number of Topliss-reactive ketones (excluding diaryl/α,β-unsaturated/α-hetero) is 1. The molecule has 17 heavy (non-hydrogen) atoms. The number of nitrogens with zero attached hydrogens (tertiary/aromatic N) is 1. The van der Waals surface area contributed by atoms with Crippen molar-refractivity contribution in [1.29, 1.82) is 0 Å². The normalized spacial score (nSPS) is 10.2. The van der Waals surface area contributed by atoms with Gasteiger partial charge in [-0.25, -0.2) is 0 Å². The summed E-state index contributed by atoms with van der Waals surface area (Å²) in [5, 5.41) is 0.660. The maximum Gasteiger partial charge on any atom is 0.143 e. The Balaban J connectivity index is 1.98. The van der Waals surface area contributed by atoms with Crippen LogP contribution in [0.15, 0.2) is 48.7 Å². The van der Waals surface area contributed by atoms with E-state index in [9.17, 15) is 4.79 Å². The number of carbonyl (C=O) groups excluding carboxylic acids is 1. The van der Waals surface area contributed by atoms with Gasteiger partial charge in [-0.05, 0) is 29.8 Å². The number of carbonyl (C=O) groups is 1. The first-order valence-corrected chi connectivity index (χ1v) is 5.78. The average molecular weight is 246 g/mol. The predicted molar refractivity (Wildman–Crippen MR) is 68.1 cm³/mol. The molecule has 1 aromatic heterocycles. The van der Waals surface area contributed by atoms with Crippen LogP contribution >= 0.6 is 11.6 Å². The fourth-order valence-electron chi connectivity index (χ4n) is 1.64. The van der Waals surface area contributed by atoms with Gasteiger partial charge >= 0.3 is 0 Å². The Morgan fingerprint density at radius 1 is 1.12 bits per heavy atom. The van der Waals surface area contributed by atoms with Gasteiger partial charge in [0.05, 0.1) is 0 Å². The molecule has 0 saturated carbocycles. The van der Waals surface area contributed by atoms with E-state index in [2.05, 4.69) is 4.98 Å².